The van der Waals surface area contributed by atoms with E-state index in [1.54, 1.807) is 0 Å². The average Bonchev–Trinajstić information content (AvgIpc) is 1.68. The lowest BCUT2D eigenvalue weighted by Gasteiger charge is -1.91. The summed E-state index contributed by atoms with van der Waals surface area (Å²) in [6, 6.07) is 0. The van der Waals surface area contributed by atoms with Gasteiger partial charge in [0.25, 0.3) is 0 Å². The molecule has 1 unspecified atom stereocenters. The fraction of sp³-hybridized carbons (Fsp3) is 0.750. The van der Waals surface area contributed by atoms with Gasteiger partial charge >= 0.3 is 0 Å². The first-order valence-electron chi connectivity index (χ1n) is 1.91. The zero-order chi connectivity index (χ0) is 5.70. The van der Waals surface area contributed by atoms with Gasteiger partial charge in [0.1, 0.15) is 5.37 Å². The number of hydrogen-bond acceptors (Lipinski definition) is 3. The molecule has 0 heterocycles. The first kappa shape index (κ1) is 6.73. The smallest absolute Gasteiger partial charge is 0.211 e. The van der Waals surface area contributed by atoms with Gasteiger partial charge in [-0.15, -0.1) is 11.8 Å². The molecular formula is C4H7NOS. The summed E-state index contributed by atoms with van der Waals surface area (Å²) in [4.78, 5) is 12.9. The summed E-state index contributed by atoms with van der Waals surface area (Å²) in [5.74, 6) is 0. The highest BCUT2D eigenvalue weighted by molar-refractivity contribution is 7.99. The third kappa shape index (κ3) is 3.56. The lowest BCUT2D eigenvalue weighted by Crippen LogP contribution is -1.85. The molecule has 3 heteroatoms. The highest BCUT2D eigenvalue weighted by atomic mass is 32.2. The average molecular weight is 117 g/mol. The maximum Gasteiger partial charge on any atom is 0.236 e. The van der Waals surface area contributed by atoms with Gasteiger partial charge in [-0.2, -0.15) is 4.99 Å². The second-order valence-electron chi connectivity index (χ2n) is 1.06. The van der Waals surface area contributed by atoms with Gasteiger partial charge in [0.2, 0.25) is 6.08 Å². The number of isocyanates is 1. The number of nitrogens with zero attached hydrogens (tertiary/aromatic N) is 1. The molecule has 1 atom stereocenters. The minimum atomic E-state index is 0.0671. The lowest BCUT2D eigenvalue weighted by molar-refractivity contribution is 0.563. The van der Waals surface area contributed by atoms with Gasteiger partial charge in [-0.25, -0.2) is 4.79 Å². The Bertz CT molecular complexity index is 87.7. The number of thioether (sulfide) groups is 1. The zero-order valence-electron chi connectivity index (χ0n) is 4.34. The van der Waals surface area contributed by atoms with Crippen LogP contribution in [0, 0.1) is 0 Å². The van der Waals surface area contributed by atoms with Crippen molar-refractivity contribution >= 4 is 17.8 Å². The molecule has 0 aromatic carbocycles. The molecule has 0 bridgehead atoms. The molecule has 0 radical (unpaired) electrons. The first-order valence-corrected chi connectivity index (χ1v) is 3.20. The molecule has 7 heavy (non-hydrogen) atoms. The Labute approximate surface area is 47.0 Å². The van der Waals surface area contributed by atoms with Crippen LogP contribution in [0.15, 0.2) is 4.99 Å². The molecule has 0 aliphatic heterocycles. The number of aliphatic imine (C=N–C) groups is 1. The molecule has 0 aliphatic carbocycles. The molecule has 0 rings (SSSR count). The van der Waals surface area contributed by atoms with Crippen LogP contribution in [0.3, 0.4) is 0 Å². The van der Waals surface area contributed by atoms with Gasteiger partial charge in [0.15, 0.2) is 0 Å². The van der Waals surface area contributed by atoms with Crippen LogP contribution >= 0.6 is 11.8 Å². The monoisotopic (exact) mass is 117 g/mol. The minimum absolute atomic E-state index is 0.0671. The van der Waals surface area contributed by atoms with E-state index in [2.05, 4.69) is 4.99 Å². The van der Waals surface area contributed by atoms with Crippen LogP contribution in [0.1, 0.15) is 6.92 Å². The van der Waals surface area contributed by atoms with Crippen LogP contribution in [0.5, 0.6) is 0 Å². The van der Waals surface area contributed by atoms with Gasteiger partial charge < -0.3 is 0 Å². The standard InChI is InChI=1S/C4H7NOS/c1-4(7-2)5-3-6/h4H,1-2H3. The van der Waals surface area contributed by atoms with Crippen molar-refractivity contribution in [3.05, 3.63) is 0 Å². The normalized spacial score (nSPS) is 12.3. The van der Waals surface area contributed by atoms with Crippen LogP contribution < -0.4 is 0 Å². The summed E-state index contributed by atoms with van der Waals surface area (Å²) in [5.41, 5.74) is 0. The van der Waals surface area contributed by atoms with E-state index in [9.17, 15) is 4.79 Å². The second kappa shape index (κ2) is 3.90. The van der Waals surface area contributed by atoms with Crippen molar-refractivity contribution in [2.24, 2.45) is 4.99 Å². The van der Waals surface area contributed by atoms with E-state index in [1.807, 2.05) is 13.2 Å². The summed E-state index contributed by atoms with van der Waals surface area (Å²) >= 11 is 1.52. The second-order valence-corrected chi connectivity index (χ2v) is 2.21. The van der Waals surface area contributed by atoms with Crippen molar-refractivity contribution in [3.63, 3.8) is 0 Å². The summed E-state index contributed by atoms with van der Waals surface area (Å²) in [6.45, 7) is 1.84. The molecule has 0 saturated carbocycles. The van der Waals surface area contributed by atoms with Gasteiger partial charge in [0, 0.05) is 0 Å². The molecule has 0 N–H and O–H groups in total. The number of carbonyl (C=O) groups excluding carboxylic acids is 1. The van der Waals surface area contributed by atoms with Crippen molar-refractivity contribution in [1.29, 1.82) is 0 Å². The first-order chi connectivity index (χ1) is 3.31. The Balaban J connectivity index is 3.35. The van der Waals surface area contributed by atoms with E-state index in [1.165, 1.54) is 17.8 Å². The van der Waals surface area contributed by atoms with Crippen LogP contribution in [-0.4, -0.2) is 17.7 Å². The van der Waals surface area contributed by atoms with Gasteiger partial charge in [0.05, 0.1) is 0 Å². The van der Waals surface area contributed by atoms with Crippen molar-refractivity contribution in [2.45, 2.75) is 12.3 Å². The van der Waals surface area contributed by atoms with Crippen molar-refractivity contribution in [2.75, 3.05) is 6.26 Å². The molecule has 40 valence electrons. The molecule has 2 nitrogen and oxygen atoms in total. The van der Waals surface area contributed by atoms with Crippen LogP contribution in [-0.2, 0) is 4.79 Å². The Morgan fingerprint density at radius 1 is 1.86 bits per heavy atom. The number of hydrogen-bond donors (Lipinski definition) is 0. The fourth-order valence-corrected chi connectivity index (χ4v) is 0.275. The molecule has 0 fully saturated rings. The van der Waals surface area contributed by atoms with E-state index in [0.29, 0.717) is 0 Å². The quantitative estimate of drug-likeness (QED) is 0.399. The van der Waals surface area contributed by atoms with Crippen LogP contribution in [0.4, 0.5) is 0 Å². The molecular weight excluding hydrogens is 110 g/mol. The predicted octanol–water partition coefficient (Wildman–Crippen LogP) is 1.03. The van der Waals surface area contributed by atoms with Gasteiger partial charge in [-0.1, -0.05) is 0 Å². The SMILES string of the molecule is CSC(C)N=C=O. The van der Waals surface area contributed by atoms with Crippen molar-refractivity contribution in [1.82, 2.24) is 0 Å². The lowest BCUT2D eigenvalue weighted by atomic mass is 10.8. The molecule has 0 aliphatic rings. The van der Waals surface area contributed by atoms with Gasteiger partial charge in [-0.05, 0) is 13.2 Å². The predicted molar refractivity (Wildman–Crippen MR) is 31.1 cm³/mol. The van der Waals surface area contributed by atoms with Crippen molar-refractivity contribution < 1.29 is 4.79 Å². The third-order valence-electron chi connectivity index (χ3n) is 0.576. The maximum absolute atomic E-state index is 9.47. The van der Waals surface area contributed by atoms with Crippen molar-refractivity contribution in [3.8, 4) is 0 Å². The Hall–Kier alpha value is -0.270. The summed E-state index contributed by atoms with van der Waals surface area (Å²) in [6.07, 6.45) is 3.37. The maximum atomic E-state index is 9.47. The summed E-state index contributed by atoms with van der Waals surface area (Å²) < 4.78 is 0. The Kier molecular flexibility index (Phi) is 3.75. The van der Waals surface area contributed by atoms with E-state index in [4.69, 9.17) is 0 Å². The largest absolute Gasteiger partial charge is 0.236 e. The van der Waals surface area contributed by atoms with Crippen LogP contribution in [0.25, 0.3) is 0 Å². The fourth-order valence-electron chi connectivity index (χ4n) is 0.127. The number of rotatable bonds is 2. The topological polar surface area (TPSA) is 29.4 Å². The summed E-state index contributed by atoms with van der Waals surface area (Å²) in [7, 11) is 0. The molecule has 0 amide bonds. The third-order valence-corrected chi connectivity index (χ3v) is 1.36. The molecule has 0 aromatic heterocycles. The van der Waals surface area contributed by atoms with E-state index >= 15 is 0 Å². The van der Waals surface area contributed by atoms with E-state index < -0.39 is 0 Å². The summed E-state index contributed by atoms with van der Waals surface area (Å²) in [5, 5.41) is 0.0671. The Morgan fingerprint density at radius 3 is 2.57 bits per heavy atom. The van der Waals surface area contributed by atoms with Gasteiger partial charge in [-0.3, -0.25) is 0 Å². The molecule has 0 saturated heterocycles. The highest BCUT2D eigenvalue weighted by Gasteiger charge is 1.88. The zero-order valence-corrected chi connectivity index (χ0v) is 5.16. The van der Waals surface area contributed by atoms with Crippen LogP contribution in [0.2, 0.25) is 0 Å². The Morgan fingerprint density at radius 2 is 2.43 bits per heavy atom. The molecule has 0 aromatic rings. The minimum Gasteiger partial charge on any atom is -0.211 e. The molecule has 0 spiro atoms. The highest BCUT2D eigenvalue weighted by Crippen LogP contribution is 2.03. The van der Waals surface area contributed by atoms with E-state index in [0.717, 1.165) is 0 Å². The van der Waals surface area contributed by atoms with E-state index in [-0.39, 0.29) is 5.37 Å².